The molecule has 0 aliphatic carbocycles. The lowest BCUT2D eigenvalue weighted by Crippen LogP contribution is -2.11. The number of anilines is 1. The third-order valence-electron chi connectivity index (χ3n) is 2.12. The Balaban J connectivity index is 1.83. The molecule has 0 aliphatic heterocycles. The van der Waals surface area contributed by atoms with Crippen LogP contribution in [0.3, 0.4) is 0 Å². The highest BCUT2D eigenvalue weighted by molar-refractivity contribution is 7.15. The topological polar surface area (TPSA) is 50.9 Å². The summed E-state index contributed by atoms with van der Waals surface area (Å²) in [5.74, 6) is 0. The molecule has 3 nitrogen and oxygen atoms in total. The minimum Gasteiger partial charge on any atom is -0.375 e. The molecule has 80 valence electrons. The SMILES string of the molecule is Cc1ccsc1CNCc1cnc(N)s1. The summed E-state index contributed by atoms with van der Waals surface area (Å²) >= 11 is 3.33. The van der Waals surface area contributed by atoms with Gasteiger partial charge in [0.25, 0.3) is 0 Å². The molecule has 0 spiro atoms. The normalized spacial score (nSPS) is 10.7. The predicted octanol–water partition coefficient (Wildman–Crippen LogP) is 2.39. The first kappa shape index (κ1) is 10.6. The van der Waals surface area contributed by atoms with E-state index in [9.17, 15) is 0 Å². The minimum atomic E-state index is 0.638. The van der Waals surface area contributed by atoms with E-state index >= 15 is 0 Å². The summed E-state index contributed by atoms with van der Waals surface area (Å²) in [6, 6.07) is 2.15. The smallest absolute Gasteiger partial charge is 0.180 e. The quantitative estimate of drug-likeness (QED) is 0.861. The Morgan fingerprint density at radius 2 is 2.33 bits per heavy atom. The molecule has 0 radical (unpaired) electrons. The van der Waals surface area contributed by atoms with E-state index in [0.717, 1.165) is 13.1 Å². The molecule has 2 aromatic heterocycles. The molecule has 15 heavy (non-hydrogen) atoms. The number of rotatable bonds is 4. The van der Waals surface area contributed by atoms with Crippen molar-refractivity contribution in [2.75, 3.05) is 5.73 Å². The largest absolute Gasteiger partial charge is 0.375 e. The Kier molecular flexibility index (Phi) is 3.35. The molecule has 0 saturated heterocycles. The Morgan fingerprint density at radius 1 is 1.47 bits per heavy atom. The van der Waals surface area contributed by atoms with Gasteiger partial charge in [-0.2, -0.15) is 0 Å². The number of aryl methyl sites for hydroxylation is 1. The van der Waals surface area contributed by atoms with Crippen LogP contribution in [0.2, 0.25) is 0 Å². The maximum Gasteiger partial charge on any atom is 0.180 e. The Hall–Kier alpha value is -0.910. The second-order valence-electron chi connectivity index (χ2n) is 3.30. The maximum atomic E-state index is 5.55. The van der Waals surface area contributed by atoms with Crippen molar-refractivity contribution in [3.63, 3.8) is 0 Å². The van der Waals surface area contributed by atoms with Gasteiger partial charge in [0.15, 0.2) is 5.13 Å². The molecule has 2 heterocycles. The van der Waals surface area contributed by atoms with Crippen molar-refractivity contribution < 1.29 is 0 Å². The van der Waals surface area contributed by atoms with Crippen molar-refractivity contribution in [2.45, 2.75) is 20.0 Å². The number of hydrogen-bond acceptors (Lipinski definition) is 5. The summed E-state index contributed by atoms with van der Waals surface area (Å²) in [7, 11) is 0. The average molecular weight is 239 g/mol. The van der Waals surface area contributed by atoms with Gasteiger partial charge in [-0.25, -0.2) is 4.98 Å². The van der Waals surface area contributed by atoms with Crippen LogP contribution in [0.4, 0.5) is 5.13 Å². The summed E-state index contributed by atoms with van der Waals surface area (Å²) in [6.45, 7) is 3.89. The van der Waals surface area contributed by atoms with Crippen LogP contribution in [0.1, 0.15) is 15.3 Å². The zero-order valence-electron chi connectivity index (χ0n) is 8.49. The predicted molar refractivity (Wildman–Crippen MR) is 66.1 cm³/mol. The molecular formula is C10H13N3S2. The molecule has 0 aliphatic rings. The van der Waals surface area contributed by atoms with Crippen LogP contribution in [-0.2, 0) is 13.1 Å². The third kappa shape index (κ3) is 2.77. The first-order chi connectivity index (χ1) is 7.25. The van der Waals surface area contributed by atoms with Crippen molar-refractivity contribution in [3.8, 4) is 0 Å². The molecule has 0 fully saturated rings. The van der Waals surface area contributed by atoms with Crippen molar-refractivity contribution in [1.29, 1.82) is 0 Å². The number of thiophene rings is 1. The minimum absolute atomic E-state index is 0.638. The van der Waals surface area contributed by atoms with E-state index < -0.39 is 0 Å². The standard InChI is InChI=1S/C10H13N3S2/c1-7-2-3-14-9(7)6-12-4-8-5-13-10(11)15-8/h2-3,5,12H,4,6H2,1H3,(H2,11,13). The van der Waals surface area contributed by atoms with Crippen LogP contribution in [-0.4, -0.2) is 4.98 Å². The molecule has 0 aromatic carbocycles. The highest BCUT2D eigenvalue weighted by atomic mass is 32.1. The number of hydrogen-bond donors (Lipinski definition) is 2. The lowest BCUT2D eigenvalue weighted by Gasteiger charge is -2.01. The summed E-state index contributed by atoms with van der Waals surface area (Å²) < 4.78 is 0. The number of nitrogens with two attached hydrogens (primary N) is 1. The zero-order chi connectivity index (χ0) is 10.7. The Morgan fingerprint density at radius 3 is 2.93 bits per heavy atom. The summed E-state index contributed by atoms with van der Waals surface area (Å²) in [4.78, 5) is 6.59. The average Bonchev–Trinajstić information content (AvgIpc) is 2.77. The fourth-order valence-electron chi connectivity index (χ4n) is 1.29. The zero-order valence-corrected chi connectivity index (χ0v) is 10.1. The van der Waals surface area contributed by atoms with Crippen LogP contribution in [0.25, 0.3) is 0 Å². The summed E-state index contributed by atoms with van der Waals surface area (Å²) in [5.41, 5.74) is 6.91. The highest BCUT2D eigenvalue weighted by Crippen LogP contribution is 2.16. The number of nitrogens with zero attached hydrogens (tertiary/aromatic N) is 1. The number of nitrogen functional groups attached to an aromatic ring is 1. The van der Waals surface area contributed by atoms with Gasteiger partial charge in [0.05, 0.1) is 0 Å². The van der Waals surface area contributed by atoms with E-state index in [0.29, 0.717) is 5.13 Å². The monoisotopic (exact) mass is 239 g/mol. The van der Waals surface area contributed by atoms with Gasteiger partial charge in [0.2, 0.25) is 0 Å². The lowest BCUT2D eigenvalue weighted by molar-refractivity contribution is 0.705. The van der Waals surface area contributed by atoms with Crippen molar-refractivity contribution >= 4 is 27.8 Å². The molecule has 0 bridgehead atoms. The number of nitrogens with one attached hydrogen (secondary N) is 1. The van der Waals surface area contributed by atoms with Gasteiger partial charge in [-0.1, -0.05) is 0 Å². The molecule has 0 amide bonds. The summed E-state index contributed by atoms with van der Waals surface area (Å²) in [5, 5.41) is 6.14. The number of thiazole rings is 1. The van der Waals surface area contributed by atoms with Crippen molar-refractivity contribution in [2.24, 2.45) is 0 Å². The fraction of sp³-hybridized carbons (Fsp3) is 0.300. The number of aromatic nitrogens is 1. The van der Waals surface area contributed by atoms with Gasteiger partial charge in [-0.3, -0.25) is 0 Å². The van der Waals surface area contributed by atoms with Gasteiger partial charge >= 0.3 is 0 Å². The third-order valence-corrected chi connectivity index (χ3v) is 3.97. The Labute approximate surface area is 97.0 Å². The second kappa shape index (κ2) is 4.74. The van der Waals surface area contributed by atoms with Crippen molar-refractivity contribution in [3.05, 3.63) is 33.0 Å². The second-order valence-corrected chi connectivity index (χ2v) is 5.44. The van der Waals surface area contributed by atoms with Gasteiger partial charge in [-0.05, 0) is 23.9 Å². The van der Waals surface area contributed by atoms with Gasteiger partial charge in [0.1, 0.15) is 0 Å². The van der Waals surface area contributed by atoms with E-state index in [1.807, 2.05) is 6.20 Å². The van der Waals surface area contributed by atoms with E-state index in [1.54, 1.807) is 11.3 Å². The molecular weight excluding hydrogens is 226 g/mol. The van der Waals surface area contributed by atoms with Gasteiger partial charge in [0, 0.05) is 29.0 Å². The molecule has 0 unspecified atom stereocenters. The van der Waals surface area contributed by atoms with Gasteiger partial charge in [-0.15, -0.1) is 22.7 Å². The van der Waals surface area contributed by atoms with Crippen LogP contribution < -0.4 is 11.1 Å². The highest BCUT2D eigenvalue weighted by Gasteiger charge is 2.01. The van der Waals surface area contributed by atoms with Gasteiger partial charge < -0.3 is 11.1 Å². The van der Waals surface area contributed by atoms with Crippen LogP contribution >= 0.6 is 22.7 Å². The van der Waals surface area contributed by atoms with Crippen LogP contribution in [0.15, 0.2) is 17.6 Å². The lowest BCUT2D eigenvalue weighted by atomic mass is 10.3. The van der Waals surface area contributed by atoms with Crippen molar-refractivity contribution in [1.82, 2.24) is 10.3 Å². The molecule has 3 N–H and O–H groups in total. The maximum absolute atomic E-state index is 5.55. The van der Waals surface area contributed by atoms with Crippen LogP contribution in [0, 0.1) is 6.92 Å². The first-order valence-electron chi connectivity index (χ1n) is 4.69. The molecule has 2 rings (SSSR count). The molecule has 0 atom stereocenters. The van der Waals surface area contributed by atoms with E-state index in [4.69, 9.17) is 5.73 Å². The Bertz CT molecular complexity index is 433. The van der Waals surface area contributed by atoms with E-state index in [2.05, 4.69) is 28.7 Å². The molecule has 0 saturated carbocycles. The first-order valence-corrected chi connectivity index (χ1v) is 6.39. The summed E-state index contributed by atoms with van der Waals surface area (Å²) in [6.07, 6.45) is 1.83. The van der Waals surface area contributed by atoms with E-state index in [1.165, 1.54) is 26.7 Å². The van der Waals surface area contributed by atoms with E-state index in [-0.39, 0.29) is 0 Å². The fourth-order valence-corrected chi connectivity index (χ4v) is 2.82. The molecule has 2 aromatic rings. The van der Waals surface area contributed by atoms with Crippen LogP contribution in [0.5, 0.6) is 0 Å². The molecule has 5 heteroatoms.